The van der Waals surface area contributed by atoms with Crippen LogP contribution in [0.25, 0.3) is 0 Å². The third kappa shape index (κ3) is 73.7. The lowest BCUT2D eigenvalue weighted by atomic mass is 10.0. The van der Waals surface area contributed by atoms with Gasteiger partial charge >= 0.3 is 11.9 Å². The van der Waals surface area contributed by atoms with Crippen LogP contribution in [0.5, 0.6) is 0 Å². The zero-order chi connectivity index (χ0) is 66.1. The highest BCUT2D eigenvalue weighted by Gasteiger charge is 2.22. The molecular weight excluding hydrogens is 1130 g/mol. The van der Waals surface area contributed by atoms with Crippen LogP contribution in [0.2, 0.25) is 0 Å². The zero-order valence-corrected chi connectivity index (χ0v) is 60.5. The van der Waals surface area contributed by atoms with Crippen LogP contribution < -0.4 is 5.11 Å². The zero-order valence-electron chi connectivity index (χ0n) is 60.5. The van der Waals surface area contributed by atoms with Crippen molar-refractivity contribution in [2.45, 2.75) is 373 Å². The molecule has 0 saturated heterocycles. The smallest absolute Gasteiger partial charge is 0.306 e. The second-order valence-electron chi connectivity index (χ2n) is 27.3. The van der Waals surface area contributed by atoms with Gasteiger partial charge in [-0.25, -0.2) is 0 Å². The van der Waals surface area contributed by atoms with E-state index in [9.17, 15) is 19.5 Å². The SMILES string of the molecule is CC/C=C\C/C=C\C/C=C\C/C=C\C/C=C\CCCCCCCCCCCCCCCCCCCC(=O)OC(COC(=O)CCCCCCCCCCCCCCCCCCCCCCC/C=C\C/C=C\CCCCCCC)COC(OCC[N+](C)(C)C)C(=O)[O-]. The highest BCUT2D eigenvalue weighted by atomic mass is 16.7. The molecule has 0 saturated carbocycles. The molecule has 9 nitrogen and oxygen atoms in total. The van der Waals surface area contributed by atoms with Crippen LogP contribution in [0.15, 0.2) is 85.1 Å². The molecule has 0 aromatic carbocycles. The molecule has 528 valence electrons. The average molecular weight is 1280 g/mol. The Morgan fingerprint density at radius 3 is 0.934 bits per heavy atom. The maximum absolute atomic E-state index is 13.0. The number of aliphatic carboxylic acids is 1. The minimum atomic E-state index is -1.62. The number of unbranched alkanes of at least 4 members (excludes halogenated alkanes) is 43. The summed E-state index contributed by atoms with van der Waals surface area (Å²) in [5, 5.41) is 11.9. The molecule has 0 aromatic heterocycles. The summed E-state index contributed by atoms with van der Waals surface area (Å²) in [6.07, 6.45) is 95.5. The van der Waals surface area contributed by atoms with Gasteiger partial charge in [0.1, 0.15) is 13.2 Å². The summed E-state index contributed by atoms with van der Waals surface area (Å²) >= 11 is 0. The van der Waals surface area contributed by atoms with E-state index in [2.05, 4.69) is 98.9 Å². The van der Waals surface area contributed by atoms with Crippen molar-refractivity contribution in [1.29, 1.82) is 0 Å². The highest BCUT2D eigenvalue weighted by Crippen LogP contribution is 2.19. The van der Waals surface area contributed by atoms with Gasteiger partial charge < -0.3 is 33.3 Å². The molecular formula is C82H147NO8. The van der Waals surface area contributed by atoms with E-state index in [0.717, 1.165) is 70.6 Å². The molecule has 0 aromatic rings. The molecule has 0 aliphatic heterocycles. The van der Waals surface area contributed by atoms with Crippen LogP contribution in [-0.2, 0) is 33.3 Å². The topological polar surface area (TPSA) is 111 Å². The summed E-state index contributed by atoms with van der Waals surface area (Å²) in [4.78, 5) is 37.6. The Morgan fingerprint density at radius 1 is 0.341 bits per heavy atom. The fourth-order valence-corrected chi connectivity index (χ4v) is 11.2. The van der Waals surface area contributed by atoms with Crippen LogP contribution >= 0.6 is 0 Å². The molecule has 9 heteroatoms. The van der Waals surface area contributed by atoms with Crippen molar-refractivity contribution < 1.29 is 42.9 Å². The Balaban J connectivity index is 4.02. The second kappa shape index (κ2) is 72.3. The number of nitrogens with zero attached hydrogens (tertiary/aromatic N) is 1. The van der Waals surface area contributed by atoms with E-state index in [1.54, 1.807) is 0 Å². The third-order valence-electron chi connectivity index (χ3n) is 17.1. The first-order chi connectivity index (χ1) is 44.6. The number of esters is 2. The number of carboxylic acid groups (broad SMARTS) is 1. The van der Waals surface area contributed by atoms with E-state index in [1.807, 2.05) is 21.1 Å². The Kier molecular flexibility index (Phi) is 69.5. The molecule has 2 atom stereocenters. The van der Waals surface area contributed by atoms with Gasteiger partial charge in [0.25, 0.3) is 0 Å². The number of carbonyl (C=O) groups excluding carboxylic acids is 3. The van der Waals surface area contributed by atoms with Gasteiger partial charge in [0.2, 0.25) is 0 Å². The lowest BCUT2D eigenvalue weighted by Crippen LogP contribution is -2.44. The van der Waals surface area contributed by atoms with Crippen molar-refractivity contribution in [3.63, 3.8) is 0 Å². The number of quaternary nitrogens is 1. The summed E-state index contributed by atoms with van der Waals surface area (Å²) in [5.74, 6) is -2.26. The number of carboxylic acids is 1. The predicted molar refractivity (Wildman–Crippen MR) is 389 cm³/mol. The Bertz CT molecular complexity index is 1770. The number of allylic oxidation sites excluding steroid dienone is 14. The van der Waals surface area contributed by atoms with Crippen LogP contribution in [0.4, 0.5) is 0 Å². The van der Waals surface area contributed by atoms with Gasteiger partial charge in [-0.2, -0.15) is 0 Å². The molecule has 91 heavy (non-hydrogen) atoms. The Morgan fingerprint density at radius 2 is 0.626 bits per heavy atom. The number of hydrogen-bond acceptors (Lipinski definition) is 8. The van der Waals surface area contributed by atoms with Gasteiger partial charge in [0.05, 0.1) is 40.3 Å². The second-order valence-corrected chi connectivity index (χ2v) is 27.3. The Hall–Kier alpha value is -3.53. The summed E-state index contributed by atoms with van der Waals surface area (Å²) < 4.78 is 22.9. The van der Waals surface area contributed by atoms with E-state index in [1.165, 1.54) is 257 Å². The van der Waals surface area contributed by atoms with Gasteiger partial charge in [-0.05, 0) is 89.9 Å². The quantitative estimate of drug-likeness (QED) is 0.0195. The molecule has 0 rings (SSSR count). The van der Waals surface area contributed by atoms with E-state index >= 15 is 0 Å². The van der Waals surface area contributed by atoms with Crippen molar-refractivity contribution >= 4 is 17.9 Å². The average Bonchev–Trinajstić information content (AvgIpc) is 3.46. The monoisotopic (exact) mass is 1270 g/mol. The van der Waals surface area contributed by atoms with E-state index in [0.29, 0.717) is 23.9 Å². The minimum Gasteiger partial charge on any atom is -0.545 e. The molecule has 0 spiro atoms. The number of rotatable bonds is 72. The number of hydrogen-bond donors (Lipinski definition) is 0. The molecule has 0 heterocycles. The van der Waals surface area contributed by atoms with Crippen LogP contribution in [-0.4, -0.2) is 82.3 Å². The number of likely N-dealkylation sites (N-methyl/N-ethyl adjacent to an activating group) is 1. The molecule has 0 N–H and O–H groups in total. The van der Waals surface area contributed by atoms with Gasteiger partial charge in [0.15, 0.2) is 12.4 Å². The number of ether oxygens (including phenoxy) is 4. The maximum atomic E-state index is 13.0. The van der Waals surface area contributed by atoms with Crippen molar-refractivity contribution in [1.82, 2.24) is 0 Å². The van der Waals surface area contributed by atoms with Gasteiger partial charge in [-0.1, -0.05) is 343 Å². The van der Waals surface area contributed by atoms with Crippen molar-refractivity contribution in [3.05, 3.63) is 85.1 Å². The number of carbonyl (C=O) groups is 3. The fourth-order valence-electron chi connectivity index (χ4n) is 11.2. The standard InChI is InChI=1S/C82H147NO8/c1-6-8-10-12-14-16-18-20-22-24-26-28-30-32-34-36-38-40-42-44-46-48-50-52-54-56-58-60-62-64-66-68-70-72-79(84)89-76-78(77-90-82(81(86)87)88-75-74-83(3,4)5)91-80(85)73-71-69-67-65-63-61-59-57-55-53-51-49-47-45-43-41-39-37-35-33-31-29-27-25-23-21-19-17-15-13-11-9-7-2/h9,11,15,17-18,20-21,23-24,26-27,29,33,35,78,82H,6-8,10,12-14,16,19,22,25,28,30-32,34,36-77H2,1-5H3/b11-9-,17-15-,20-18-,23-21-,26-24-,29-27-,35-33-. The molecule has 0 fully saturated rings. The molecule has 0 radical (unpaired) electrons. The van der Waals surface area contributed by atoms with Gasteiger partial charge in [-0.15, -0.1) is 0 Å². The molecule has 0 amide bonds. The maximum Gasteiger partial charge on any atom is 0.306 e. The van der Waals surface area contributed by atoms with Crippen molar-refractivity contribution in [2.24, 2.45) is 0 Å². The molecule has 0 aliphatic carbocycles. The van der Waals surface area contributed by atoms with Crippen LogP contribution in [0.1, 0.15) is 361 Å². The van der Waals surface area contributed by atoms with Crippen LogP contribution in [0.3, 0.4) is 0 Å². The third-order valence-corrected chi connectivity index (χ3v) is 17.1. The predicted octanol–water partition coefficient (Wildman–Crippen LogP) is 23.3. The van der Waals surface area contributed by atoms with Crippen LogP contribution in [0, 0.1) is 0 Å². The van der Waals surface area contributed by atoms with Gasteiger partial charge in [-0.3, -0.25) is 9.59 Å². The fraction of sp³-hybridized carbons (Fsp3) is 0.793. The summed E-state index contributed by atoms with van der Waals surface area (Å²) in [5.41, 5.74) is 0. The van der Waals surface area contributed by atoms with E-state index in [-0.39, 0.29) is 32.2 Å². The van der Waals surface area contributed by atoms with E-state index < -0.39 is 24.3 Å². The minimum absolute atomic E-state index is 0.148. The molecule has 0 bridgehead atoms. The van der Waals surface area contributed by atoms with E-state index in [4.69, 9.17) is 18.9 Å². The molecule has 2 unspecified atom stereocenters. The largest absolute Gasteiger partial charge is 0.545 e. The first-order valence-corrected chi connectivity index (χ1v) is 38.7. The summed E-state index contributed by atoms with van der Waals surface area (Å²) in [7, 11) is 5.94. The molecule has 0 aliphatic rings. The van der Waals surface area contributed by atoms with Crippen molar-refractivity contribution in [3.8, 4) is 0 Å². The first-order valence-electron chi connectivity index (χ1n) is 38.7. The Labute approximate surface area is 563 Å². The van der Waals surface area contributed by atoms with Gasteiger partial charge in [0, 0.05) is 12.8 Å². The summed E-state index contributed by atoms with van der Waals surface area (Å²) in [6.45, 7) is 4.68. The normalized spacial score (nSPS) is 13.1. The van der Waals surface area contributed by atoms with Crippen molar-refractivity contribution in [2.75, 3.05) is 47.5 Å². The summed E-state index contributed by atoms with van der Waals surface area (Å²) in [6, 6.07) is 0. The lowest BCUT2D eigenvalue weighted by molar-refractivity contribution is -0.870. The highest BCUT2D eigenvalue weighted by molar-refractivity contribution is 5.70. The lowest BCUT2D eigenvalue weighted by Gasteiger charge is -2.26. The first kappa shape index (κ1) is 87.5.